The summed E-state index contributed by atoms with van der Waals surface area (Å²) in [6.45, 7) is 6.11. The van der Waals surface area contributed by atoms with Crippen LogP contribution in [-0.2, 0) is 0 Å². The summed E-state index contributed by atoms with van der Waals surface area (Å²) in [5.74, 6) is 0. The minimum Gasteiger partial charge on any atom is -0.0885 e. The first-order valence-corrected chi connectivity index (χ1v) is 8.01. The molecular weight excluding hydrogens is 216 g/mol. The van der Waals surface area contributed by atoms with E-state index < -0.39 is 0 Å². The van der Waals surface area contributed by atoms with E-state index in [0.29, 0.717) is 0 Å². The Balaban J connectivity index is 3.08. The molecule has 0 N–H and O–H groups in total. The topological polar surface area (TPSA) is 0 Å². The van der Waals surface area contributed by atoms with Crippen LogP contribution in [0.1, 0.15) is 84.0 Å². The molecule has 0 saturated heterocycles. The summed E-state index contributed by atoms with van der Waals surface area (Å²) >= 11 is 0. The average molecular weight is 249 g/mol. The minimum absolute atomic E-state index is 1.06. The molecule has 0 heteroatoms. The third-order valence-electron chi connectivity index (χ3n) is 3.17. The first-order valence-electron chi connectivity index (χ1n) is 8.01. The largest absolute Gasteiger partial charge is 0.0885 e. The molecule has 0 heterocycles. The van der Waals surface area contributed by atoms with Gasteiger partial charge in [0.25, 0.3) is 0 Å². The van der Waals surface area contributed by atoms with Crippen molar-refractivity contribution in [3.8, 4) is 0 Å². The maximum absolute atomic E-state index is 3.84. The zero-order chi connectivity index (χ0) is 13.3. The van der Waals surface area contributed by atoms with Crippen LogP contribution in [0.3, 0.4) is 0 Å². The molecule has 0 rings (SSSR count). The van der Waals surface area contributed by atoms with E-state index in [9.17, 15) is 0 Å². The minimum atomic E-state index is 1.06. The first kappa shape index (κ1) is 17.5. The fraction of sp³-hybridized carbons (Fsp3) is 0.722. The normalized spacial score (nSPS) is 11.9. The molecule has 0 saturated carbocycles. The van der Waals surface area contributed by atoms with Crippen molar-refractivity contribution in [3.05, 3.63) is 31.2 Å². The molecular formula is C18H33. The Hall–Kier alpha value is -0.520. The second-order valence-corrected chi connectivity index (χ2v) is 5.07. The quantitative estimate of drug-likeness (QED) is 0.254. The predicted molar refractivity (Wildman–Crippen MR) is 84.7 cm³/mol. The van der Waals surface area contributed by atoms with Gasteiger partial charge in [-0.25, -0.2) is 0 Å². The van der Waals surface area contributed by atoms with Crippen LogP contribution < -0.4 is 0 Å². The van der Waals surface area contributed by atoms with Crippen molar-refractivity contribution in [3.63, 3.8) is 0 Å². The van der Waals surface area contributed by atoms with Gasteiger partial charge in [0.05, 0.1) is 0 Å². The van der Waals surface area contributed by atoms with Crippen LogP contribution in [0.4, 0.5) is 0 Å². The van der Waals surface area contributed by atoms with Gasteiger partial charge in [-0.3, -0.25) is 0 Å². The van der Waals surface area contributed by atoms with Gasteiger partial charge >= 0.3 is 0 Å². The van der Waals surface area contributed by atoms with Crippen LogP contribution in [0.5, 0.6) is 0 Å². The Kier molecular flexibility index (Phi) is 16.0. The Morgan fingerprint density at radius 3 is 1.50 bits per heavy atom. The number of unbranched alkanes of at least 4 members (excludes halogenated alkanes) is 9. The molecule has 0 aliphatic rings. The highest BCUT2D eigenvalue weighted by atomic mass is 13.9. The molecule has 0 spiro atoms. The van der Waals surface area contributed by atoms with Crippen molar-refractivity contribution in [2.75, 3.05) is 0 Å². The molecule has 0 aliphatic carbocycles. The van der Waals surface area contributed by atoms with Crippen molar-refractivity contribution >= 4 is 0 Å². The first-order chi connectivity index (χ1) is 8.91. The summed E-state index contributed by atoms with van der Waals surface area (Å²) in [5.41, 5.74) is 0. The van der Waals surface area contributed by atoms with Gasteiger partial charge in [0.15, 0.2) is 0 Å². The molecule has 0 nitrogen and oxygen atoms in total. The molecule has 0 fully saturated rings. The molecule has 0 aromatic rings. The van der Waals surface area contributed by atoms with Crippen molar-refractivity contribution < 1.29 is 0 Å². The summed E-state index contributed by atoms with van der Waals surface area (Å²) in [7, 11) is 0. The molecule has 0 atom stereocenters. The van der Waals surface area contributed by atoms with E-state index in [1.807, 2.05) is 0 Å². The Morgan fingerprint density at radius 2 is 1.06 bits per heavy atom. The van der Waals surface area contributed by atoms with Crippen LogP contribution in [0, 0.1) is 6.92 Å². The van der Waals surface area contributed by atoms with Gasteiger partial charge in [-0.1, -0.05) is 63.8 Å². The summed E-state index contributed by atoms with van der Waals surface area (Å²) in [6, 6.07) is 0. The van der Waals surface area contributed by atoms with E-state index in [1.54, 1.807) is 0 Å². The van der Waals surface area contributed by atoms with Crippen molar-refractivity contribution in [1.82, 2.24) is 0 Å². The zero-order valence-electron chi connectivity index (χ0n) is 12.5. The van der Waals surface area contributed by atoms with E-state index in [1.165, 1.54) is 70.6 Å². The number of rotatable bonds is 13. The van der Waals surface area contributed by atoms with Gasteiger partial charge in [-0.2, -0.15) is 0 Å². The second-order valence-electron chi connectivity index (χ2n) is 5.07. The van der Waals surface area contributed by atoms with Gasteiger partial charge in [0.1, 0.15) is 0 Å². The molecule has 105 valence electrons. The van der Waals surface area contributed by atoms with Crippen LogP contribution in [0.15, 0.2) is 24.3 Å². The Labute approximate surface area is 116 Å². The summed E-state index contributed by atoms with van der Waals surface area (Å²) in [6.07, 6.45) is 24.9. The maximum Gasteiger partial charge on any atom is -0.0351 e. The molecule has 0 aliphatic heterocycles. The third-order valence-corrected chi connectivity index (χ3v) is 3.17. The summed E-state index contributed by atoms with van der Waals surface area (Å²) in [4.78, 5) is 0. The van der Waals surface area contributed by atoms with E-state index in [2.05, 4.69) is 38.2 Å². The van der Waals surface area contributed by atoms with E-state index in [4.69, 9.17) is 0 Å². The standard InChI is InChI=1S/C18H33/c1-3-5-7-9-11-13-15-17-18-16-14-12-10-8-6-4-2/h9,11-12,14H,1,3-8,10,13,15-18H2,2H3. The molecule has 18 heavy (non-hydrogen) atoms. The second kappa shape index (κ2) is 16.5. The van der Waals surface area contributed by atoms with Crippen LogP contribution >= 0.6 is 0 Å². The molecule has 0 unspecified atom stereocenters. The lowest BCUT2D eigenvalue weighted by atomic mass is 10.1. The lowest BCUT2D eigenvalue weighted by Gasteiger charge is -1.96. The average Bonchev–Trinajstić information content (AvgIpc) is 2.39. The van der Waals surface area contributed by atoms with Gasteiger partial charge in [0, 0.05) is 0 Å². The van der Waals surface area contributed by atoms with Crippen molar-refractivity contribution in [2.24, 2.45) is 0 Å². The molecule has 0 aromatic heterocycles. The molecule has 0 aromatic carbocycles. The number of hydrogen-bond donors (Lipinski definition) is 0. The predicted octanol–water partition coefficient (Wildman–Crippen LogP) is 6.63. The third kappa shape index (κ3) is 15.5. The highest BCUT2D eigenvalue weighted by Gasteiger charge is 1.86. The number of allylic oxidation sites excluding steroid dienone is 4. The lowest BCUT2D eigenvalue weighted by molar-refractivity contribution is 0.691. The van der Waals surface area contributed by atoms with Crippen molar-refractivity contribution in [1.29, 1.82) is 0 Å². The van der Waals surface area contributed by atoms with Crippen LogP contribution in [-0.4, -0.2) is 0 Å². The Bertz CT molecular complexity index is 188. The highest BCUT2D eigenvalue weighted by Crippen LogP contribution is 2.06. The van der Waals surface area contributed by atoms with Gasteiger partial charge in [-0.15, -0.1) is 0 Å². The smallest absolute Gasteiger partial charge is 0.0351 e. The molecule has 1 radical (unpaired) electrons. The molecule has 0 amide bonds. The fourth-order valence-electron chi connectivity index (χ4n) is 1.95. The van der Waals surface area contributed by atoms with Gasteiger partial charge in [-0.05, 0) is 51.4 Å². The highest BCUT2D eigenvalue weighted by molar-refractivity contribution is 4.83. The van der Waals surface area contributed by atoms with E-state index >= 15 is 0 Å². The number of hydrogen-bond acceptors (Lipinski definition) is 0. The molecule has 0 bridgehead atoms. The van der Waals surface area contributed by atoms with Crippen LogP contribution in [0.2, 0.25) is 0 Å². The van der Waals surface area contributed by atoms with E-state index in [0.717, 1.165) is 6.42 Å². The fourth-order valence-corrected chi connectivity index (χ4v) is 1.95. The monoisotopic (exact) mass is 249 g/mol. The summed E-state index contributed by atoms with van der Waals surface area (Å²) in [5, 5.41) is 0. The van der Waals surface area contributed by atoms with Gasteiger partial charge < -0.3 is 0 Å². The van der Waals surface area contributed by atoms with Crippen LogP contribution in [0.25, 0.3) is 0 Å². The zero-order valence-corrected chi connectivity index (χ0v) is 12.5. The van der Waals surface area contributed by atoms with Gasteiger partial charge in [0.2, 0.25) is 0 Å². The Morgan fingerprint density at radius 1 is 0.611 bits per heavy atom. The lowest BCUT2D eigenvalue weighted by Crippen LogP contribution is -1.76. The van der Waals surface area contributed by atoms with E-state index in [-0.39, 0.29) is 0 Å². The SMILES string of the molecule is [CH2]CCCC=CCCCCCC=CCCCCC. The summed E-state index contributed by atoms with van der Waals surface area (Å²) < 4.78 is 0. The maximum atomic E-state index is 3.84. The van der Waals surface area contributed by atoms with Crippen molar-refractivity contribution in [2.45, 2.75) is 84.0 Å².